The minimum Gasteiger partial charge on any atom is -0.491 e. The number of fused-ring (bicyclic) bond motifs is 1. The van der Waals surface area contributed by atoms with Gasteiger partial charge in [-0.05, 0) is 31.2 Å². The van der Waals surface area contributed by atoms with Gasteiger partial charge in [0.05, 0.1) is 18.2 Å². The van der Waals surface area contributed by atoms with Crippen molar-refractivity contribution in [2.24, 2.45) is 0 Å². The molecule has 0 saturated carbocycles. The van der Waals surface area contributed by atoms with Crippen LogP contribution in [0.1, 0.15) is 28.7 Å². The molecule has 3 aromatic rings. The monoisotopic (exact) mass is 422 g/mol. The summed E-state index contributed by atoms with van der Waals surface area (Å²) in [7, 11) is 0. The van der Waals surface area contributed by atoms with Crippen LogP contribution in [0, 0.1) is 5.82 Å². The summed E-state index contributed by atoms with van der Waals surface area (Å²) < 4.78 is 62.8. The summed E-state index contributed by atoms with van der Waals surface area (Å²) in [4.78, 5) is 21.5. The highest BCUT2D eigenvalue weighted by molar-refractivity contribution is 5.94. The number of alkyl halides is 3. The van der Waals surface area contributed by atoms with E-state index in [0.29, 0.717) is 5.56 Å². The van der Waals surface area contributed by atoms with E-state index in [4.69, 9.17) is 4.74 Å². The Kier molecular flexibility index (Phi) is 4.88. The van der Waals surface area contributed by atoms with Gasteiger partial charge in [0.2, 0.25) is 5.82 Å². The van der Waals surface area contributed by atoms with Gasteiger partial charge >= 0.3 is 12.1 Å². The quantitative estimate of drug-likeness (QED) is 0.586. The molecule has 11 heteroatoms. The van der Waals surface area contributed by atoms with Gasteiger partial charge in [-0.25, -0.2) is 4.39 Å². The number of hydrogen-bond donors (Lipinski definition) is 0. The molecule has 156 valence electrons. The lowest BCUT2D eigenvalue weighted by atomic mass is 10.1. The molecular formula is C19H14F4N4O3. The van der Waals surface area contributed by atoms with Crippen LogP contribution in [0.5, 0.6) is 5.75 Å². The molecule has 7 nitrogen and oxygen atoms in total. The summed E-state index contributed by atoms with van der Waals surface area (Å²) in [6, 6.07) is 5.13. The van der Waals surface area contributed by atoms with Gasteiger partial charge in [-0.3, -0.25) is 9.78 Å². The average Bonchev–Trinajstić information content (AvgIpc) is 3.16. The first kappa shape index (κ1) is 19.8. The number of pyridine rings is 1. The number of amides is 1. The van der Waals surface area contributed by atoms with Crippen molar-refractivity contribution in [2.45, 2.75) is 25.7 Å². The molecule has 0 N–H and O–H groups in total. The van der Waals surface area contributed by atoms with Crippen molar-refractivity contribution >= 4 is 5.91 Å². The van der Waals surface area contributed by atoms with Gasteiger partial charge in [-0.2, -0.15) is 18.2 Å². The number of rotatable bonds is 2. The van der Waals surface area contributed by atoms with Gasteiger partial charge in [0.25, 0.3) is 5.91 Å². The Bertz CT molecular complexity index is 1090. The number of ether oxygens (including phenoxy) is 1. The summed E-state index contributed by atoms with van der Waals surface area (Å²) in [6.07, 6.45) is -1.87. The van der Waals surface area contributed by atoms with Crippen LogP contribution < -0.4 is 4.74 Å². The minimum absolute atomic E-state index is 0.0369. The summed E-state index contributed by atoms with van der Waals surface area (Å²) >= 11 is 0. The smallest absolute Gasteiger partial charge is 0.471 e. The molecule has 1 aliphatic heterocycles. The van der Waals surface area contributed by atoms with Gasteiger partial charge < -0.3 is 14.2 Å². The van der Waals surface area contributed by atoms with Crippen LogP contribution in [0.25, 0.3) is 11.4 Å². The minimum atomic E-state index is -4.81. The fourth-order valence-electron chi connectivity index (χ4n) is 3.03. The molecule has 1 atom stereocenters. The first-order chi connectivity index (χ1) is 14.2. The van der Waals surface area contributed by atoms with Crippen LogP contribution in [-0.2, 0) is 12.7 Å². The maximum Gasteiger partial charge on any atom is 0.471 e. The second-order valence-corrected chi connectivity index (χ2v) is 6.69. The van der Waals surface area contributed by atoms with E-state index in [2.05, 4.69) is 19.6 Å². The number of carbonyl (C=O) groups excluding carboxylic acids is 1. The number of benzene rings is 1. The highest BCUT2D eigenvalue weighted by Crippen LogP contribution is 2.34. The second-order valence-electron chi connectivity index (χ2n) is 6.69. The SMILES string of the molecule is C[C@H]1COc2cc(-c3noc(C(F)(F)F)n3)cc(F)c2CN1C(=O)c1cccnc1. The summed E-state index contributed by atoms with van der Waals surface area (Å²) in [6.45, 7) is 1.71. The highest BCUT2D eigenvalue weighted by atomic mass is 19.4. The zero-order chi connectivity index (χ0) is 21.5. The fourth-order valence-corrected chi connectivity index (χ4v) is 3.03. The molecule has 4 rings (SSSR count). The van der Waals surface area contributed by atoms with E-state index in [0.717, 1.165) is 6.07 Å². The van der Waals surface area contributed by atoms with Crippen LogP contribution >= 0.6 is 0 Å². The summed E-state index contributed by atoms with van der Waals surface area (Å²) in [5.41, 5.74) is 0.404. The summed E-state index contributed by atoms with van der Waals surface area (Å²) in [5.74, 6) is -2.97. The van der Waals surface area contributed by atoms with Crippen molar-refractivity contribution in [1.82, 2.24) is 20.0 Å². The van der Waals surface area contributed by atoms with Crippen LogP contribution in [-0.4, -0.2) is 38.6 Å². The summed E-state index contributed by atoms with van der Waals surface area (Å²) in [5, 5.41) is 3.26. The molecule has 1 aliphatic rings. The molecule has 3 heterocycles. The van der Waals surface area contributed by atoms with E-state index in [-0.39, 0.29) is 35.9 Å². The Morgan fingerprint density at radius 1 is 1.30 bits per heavy atom. The van der Waals surface area contributed by atoms with Crippen molar-refractivity contribution < 1.29 is 31.6 Å². The Balaban J connectivity index is 1.67. The van der Waals surface area contributed by atoms with Gasteiger partial charge in [0.15, 0.2) is 0 Å². The van der Waals surface area contributed by atoms with E-state index < -0.39 is 29.8 Å². The van der Waals surface area contributed by atoms with Crippen molar-refractivity contribution in [3.05, 3.63) is 59.5 Å². The molecule has 0 fully saturated rings. The first-order valence-electron chi connectivity index (χ1n) is 8.81. The lowest BCUT2D eigenvalue weighted by Gasteiger charge is -2.26. The van der Waals surface area contributed by atoms with Crippen molar-refractivity contribution in [1.29, 1.82) is 0 Å². The van der Waals surface area contributed by atoms with E-state index >= 15 is 0 Å². The number of carbonyl (C=O) groups is 1. The van der Waals surface area contributed by atoms with Crippen molar-refractivity contribution in [3.63, 3.8) is 0 Å². The molecule has 0 unspecified atom stereocenters. The topological polar surface area (TPSA) is 81.4 Å². The van der Waals surface area contributed by atoms with Gasteiger partial charge in [-0.1, -0.05) is 5.16 Å². The second kappa shape index (κ2) is 7.39. The van der Waals surface area contributed by atoms with E-state index in [9.17, 15) is 22.4 Å². The average molecular weight is 422 g/mol. The molecular weight excluding hydrogens is 408 g/mol. The zero-order valence-corrected chi connectivity index (χ0v) is 15.5. The van der Waals surface area contributed by atoms with E-state index in [1.807, 2.05) is 0 Å². The molecule has 0 saturated heterocycles. The van der Waals surface area contributed by atoms with E-state index in [1.165, 1.54) is 23.4 Å². The molecule has 0 radical (unpaired) electrons. The van der Waals surface area contributed by atoms with Crippen LogP contribution in [0.15, 0.2) is 41.2 Å². The number of aromatic nitrogens is 3. The number of hydrogen-bond acceptors (Lipinski definition) is 6. The Morgan fingerprint density at radius 3 is 2.77 bits per heavy atom. The molecule has 1 aromatic carbocycles. The fraction of sp³-hybridized carbons (Fsp3) is 0.263. The highest BCUT2D eigenvalue weighted by Gasteiger charge is 2.38. The maximum absolute atomic E-state index is 14.9. The zero-order valence-electron chi connectivity index (χ0n) is 15.5. The van der Waals surface area contributed by atoms with Crippen LogP contribution in [0.3, 0.4) is 0 Å². The Labute approximate surface area is 167 Å². The van der Waals surface area contributed by atoms with Gasteiger partial charge in [0.1, 0.15) is 18.2 Å². The molecule has 0 spiro atoms. The number of nitrogens with zero attached hydrogens (tertiary/aromatic N) is 4. The third-order valence-corrected chi connectivity index (χ3v) is 4.59. The predicted octanol–water partition coefficient (Wildman–Crippen LogP) is 3.71. The van der Waals surface area contributed by atoms with Crippen LogP contribution in [0.2, 0.25) is 0 Å². The number of halogens is 4. The first-order valence-corrected chi connectivity index (χ1v) is 8.81. The lowest BCUT2D eigenvalue weighted by Crippen LogP contribution is -2.40. The van der Waals surface area contributed by atoms with Crippen molar-refractivity contribution in [3.8, 4) is 17.1 Å². The molecule has 0 aliphatic carbocycles. The van der Waals surface area contributed by atoms with E-state index in [1.54, 1.807) is 19.1 Å². The molecule has 30 heavy (non-hydrogen) atoms. The molecule has 2 aromatic heterocycles. The molecule has 1 amide bonds. The third kappa shape index (κ3) is 3.70. The predicted molar refractivity (Wildman–Crippen MR) is 93.8 cm³/mol. The third-order valence-electron chi connectivity index (χ3n) is 4.59. The maximum atomic E-state index is 14.9. The van der Waals surface area contributed by atoms with Crippen molar-refractivity contribution in [2.75, 3.05) is 6.61 Å². The Hall–Kier alpha value is -3.50. The van der Waals surface area contributed by atoms with Crippen LogP contribution in [0.4, 0.5) is 17.6 Å². The molecule has 0 bridgehead atoms. The lowest BCUT2D eigenvalue weighted by molar-refractivity contribution is -0.159. The van der Waals surface area contributed by atoms with Gasteiger partial charge in [0, 0.05) is 23.5 Å². The Morgan fingerprint density at radius 2 is 2.10 bits per heavy atom. The largest absolute Gasteiger partial charge is 0.491 e. The van der Waals surface area contributed by atoms with Gasteiger partial charge in [-0.15, -0.1) is 0 Å². The normalized spacial score (nSPS) is 16.6. The standard InChI is InChI=1S/C19H14F4N4O3/c1-10-9-29-15-6-12(16-25-18(30-26-16)19(21,22)23)5-14(20)13(15)8-27(10)17(28)11-3-2-4-24-7-11/h2-7,10H,8-9H2,1H3/t10-/m0/s1.